The largest absolute Gasteiger partial charge is 0.325 e. The fraction of sp³-hybridized carbons (Fsp3) is 0.486. The molecule has 3 aliphatic rings. The van der Waals surface area contributed by atoms with Crippen LogP contribution in [0, 0.1) is 19.3 Å². The lowest BCUT2D eigenvalue weighted by atomic mass is 9.92. The van der Waals surface area contributed by atoms with Crippen molar-refractivity contribution in [1.29, 1.82) is 0 Å². The second-order valence-corrected chi connectivity index (χ2v) is 14.8. The van der Waals surface area contributed by atoms with Crippen LogP contribution in [-0.2, 0) is 22.6 Å². The summed E-state index contributed by atoms with van der Waals surface area (Å²) in [7, 11) is 0. The summed E-state index contributed by atoms with van der Waals surface area (Å²) in [4.78, 5) is 56.5. The molecule has 0 spiro atoms. The molecule has 2 aliphatic heterocycles. The first-order valence-electron chi connectivity index (χ1n) is 17.2. The zero-order chi connectivity index (χ0) is 33.6. The Morgan fingerprint density at radius 2 is 1.69 bits per heavy atom. The Bertz CT molecular complexity index is 1910. The van der Waals surface area contributed by atoms with Crippen molar-refractivity contribution in [3.05, 3.63) is 63.9 Å². The summed E-state index contributed by atoms with van der Waals surface area (Å²) in [6.45, 7) is 5.23. The number of ketones is 1. The highest BCUT2D eigenvalue weighted by Crippen LogP contribution is 2.62. The minimum absolute atomic E-state index is 0.0229. The third-order valence-corrected chi connectivity index (χ3v) is 11.0. The third kappa shape index (κ3) is 6.29. The number of pyridine rings is 1. The van der Waals surface area contributed by atoms with Gasteiger partial charge in [-0.05, 0) is 102 Å². The van der Waals surface area contributed by atoms with Gasteiger partial charge in [0.1, 0.15) is 34.5 Å². The third-order valence-electron chi connectivity index (χ3n) is 10.6. The van der Waals surface area contributed by atoms with Gasteiger partial charge in [0.25, 0.3) is 0 Å². The molecule has 10 nitrogen and oxygen atoms in total. The maximum atomic E-state index is 14.5. The maximum Gasteiger partial charge on any atom is 0.248 e. The van der Waals surface area contributed by atoms with Crippen molar-refractivity contribution >= 4 is 50.2 Å². The number of carbonyl (C=O) groups is 3. The van der Waals surface area contributed by atoms with E-state index in [2.05, 4.69) is 42.3 Å². The van der Waals surface area contributed by atoms with Crippen molar-refractivity contribution < 1.29 is 14.4 Å². The Balaban J connectivity index is 1.28. The van der Waals surface area contributed by atoms with Crippen LogP contribution in [-0.4, -0.2) is 59.3 Å². The molecule has 7 rings (SSSR count). The van der Waals surface area contributed by atoms with Gasteiger partial charge in [0.2, 0.25) is 11.8 Å². The smallest absolute Gasteiger partial charge is 0.248 e. The minimum Gasteiger partial charge on any atom is -0.325 e. The van der Waals surface area contributed by atoms with Crippen molar-refractivity contribution in [2.24, 2.45) is 5.41 Å². The summed E-state index contributed by atoms with van der Waals surface area (Å²) in [5.74, 6) is 0.668. The van der Waals surface area contributed by atoms with Crippen LogP contribution in [0.5, 0.6) is 0 Å². The molecule has 4 aromatic rings. The molecular formula is C37H42BrN7O3. The van der Waals surface area contributed by atoms with E-state index in [1.165, 1.54) is 32.6 Å². The molecule has 3 atom stereocenters. The fourth-order valence-corrected chi connectivity index (χ4v) is 8.28. The number of rotatable bonds is 4. The van der Waals surface area contributed by atoms with E-state index < -0.39 is 6.04 Å². The predicted molar refractivity (Wildman–Crippen MR) is 188 cm³/mol. The molecule has 2 fully saturated rings. The Labute approximate surface area is 289 Å². The number of carbonyl (C=O) groups excluding carboxylic acids is 3. The minimum atomic E-state index is -0.600. The molecule has 3 aromatic heterocycles. The molecule has 2 bridgehead atoms. The second-order valence-electron chi connectivity index (χ2n) is 14.0. The van der Waals surface area contributed by atoms with Crippen LogP contribution in [0.15, 0.2) is 41.3 Å². The summed E-state index contributed by atoms with van der Waals surface area (Å²) in [6.07, 6.45) is 15.0. The van der Waals surface area contributed by atoms with E-state index in [1.54, 1.807) is 4.68 Å². The number of halogens is 1. The number of anilines is 1. The molecule has 1 aliphatic carbocycles. The molecule has 48 heavy (non-hydrogen) atoms. The van der Waals surface area contributed by atoms with Crippen molar-refractivity contribution in [1.82, 2.24) is 29.6 Å². The number of amides is 2. The molecule has 11 heteroatoms. The van der Waals surface area contributed by atoms with Gasteiger partial charge in [0.15, 0.2) is 5.78 Å². The van der Waals surface area contributed by atoms with E-state index in [1.807, 2.05) is 49.3 Å². The lowest BCUT2D eigenvalue weighted by Gasteiger charge is -2.27. The fourth-order valence-electron chi connectivity index (χ4n) is 7.97. The van der Waals surface area contributed by atoms with E-state index >= 15 is 0 Å². The summed E-state index contributed by atoms with van der Waals surface area (Å²) >= 11 is 3.41. The van der Waals surface area contributed by atoms with E-state index in [9.17, 15) is 14.4 Å². The van der Waals surface area contributed by atoms with Crippen LogP contribution in [0.4, 0.5) is 5.82 Å². The summed E-state index contributed by atoms with van der Waals surface area (Å²) in [5.41, 5.74) is 4.82. The number of hydrogen-bond donors (Lipinski definition) is 1. The van der Waals surface area contributed by atoms with Crippen molar-refractivity contribution in [2.75, 3.05) is 5.32 Å². The van der Waals surface area contributed by atoms with E-state index in [4.69, 9.17) is 5.10 Å². The second kappa shape index (κ2) is 13.1. The van der Waals surface area contributed by atoms with Gasteiger partial charge in [0, 0.05) is 36.3 Å². The first-order chi connectivity index (χ1) is 23.1. The van der Waals surface area contributed by atoms with Crippen molar-refractivity contribution in [3.8, 4) is 11.1 Å². The lowest BCUT2D eigenvalue weighted by molar-refractivity contribution is -0.138. The van der Waals surface area contributed by atoms with Gasteiger partial charge in [0.05, 0.1) is 5.52 Å². The molecule has 0 unspecified atom stereocenters. The monoisotopic (exact) mass is 711 g/mol. The molecule has 1 aromatic carbocycles. The van der Waals surface area contributed by atoms with Crippen LogP contribution in [0.1, 0.15) is 98.6 Å². The Hall–Kier alpha value is -3.99. The van der Waals surface area contributed by atoms with E-state index in [0.717, 1.165) is 71.7 Å². The maximum absolute atomic E-state index is 14.5. The van der Waals surface area contributed by atoms with Gasteiger partial charge >= 0.3 is 0 Å². The van der Waals surface area contributed by atoms with Gasteiger partial charge in [-0.25, -0.2) is 15.0 Å². The molecule has 1 N–H and O–H groups in total. The Kier molecular flexibility index (Phi) is 8.91. The lowest BCUT2D eigenvalue weighted by Crippen LogP contribution is -2.47. The molecule has 0 radical (unpaired) electrons. The van der Waals surface area contributed by atoms with Crippen molar-refractivity contribution in [2.45, 2.75) is 110 Å². The van der Waals surface area contributed by atoms with E-state index in [0.29, 0.717) is 28.4 Å². The molecule has 1 saturated carbocycles. The molecular weight excluding hydrogens is 670 g/mol. The topological polar surface area (TPSA) is 123 Å². The first kappa shape index (κ1) is 32.6. The molecule has 250 valence electrons. The molecule has 2 amide bonds. The van der Waals surface area contributed by atoms with Crippen molar-refractivity contribution in [3.63, 3.8) is 0 Å². The quantitative estimate of drug-likeness (QED) is 0.176. The van der Waals surface area contributed by atoms with Crippen LogP contribution < -0.4 is 5.32 Å². The number of Topliss-reactive ketones (excluding diaryl/α,β-unsaturated/α-hetero) is 1. The standard InChI is InChI=1S/C37H42BrN7O3/c1-22-12-13-31(38)41-35(22)42-36(48)29-17-37-14-10-8-6-4-5-7-9-11-25-15-26(27-19-39-24(3)40-20-27)16-28-33(23(2)46)43-44(34(25)28)21-32(47)45(29)30(37)18-37/h12-13,15-16,19-20,29-30H,4-11,14,17-18,21H2,1-3H3,(H,41,42,48)/t29-,30+,37-/m0/s1. The predicted octanol–water partition coefficient (Wildman–Crippen LogP) is 7.15. The number of hydrogen-bond acceptors (Lipinski definition) is 7. The molecule has 1 saturated heterocycles. The van der Waals surface area contributed by atoms with Gasteiger partial charge in [-0.3, -0.25) is 19.1 Å². The number of aromatic nitrogens is 5. The molecule has 5 heterocycles. The van der Waals surface area contributed by atoms with Gasteiger partial charge in [-0.1, -0.05) is 44.6 Å². The number of nitrogens with zero attached hydrogens (tertiary/aromatic N) is 6. The summed E-state index contributed by atoms with van der Waals surface area (Å²) in [6, 6.07) is 7.29. The summed E-state index contributed by atoms with van der Waals surface area (Å²) < 4.78 is 2.35. The highest BCUT2D eigenvalue weighted by molar-refractivity contribution is 9.10. The number of nitrogens with one attached hydrogen (secondary N) is 1. The van der Waals surface area contributed by atoms with E-state index in [-0.39, 0.29) is 35.6 Å². The van der Waals surface area contributed by atoms with Crippen LogP contribution in [0.25, 0.3) is 22.0 Å². The SMILES string of the molecule is CC(=O)c1nn2c3c(cc(-c4cnc(C)nc4)cc13)CCCCCCCCC[C@@]13C[C@@H](C(=O)Nc4nc(Br)ccc4C)N(C(=O)C2)[C@@H]1C3. The van der Waals surface area contributed by atoms with Crippen LogP contribution in [0.3, 0.4) is 0 Å². The average molecular weight is 713 g/mol. The van der Waals surface area contributed by atoms with Gasteiger partial charge in [-0.15, -0.1) is 0 Å². The van der Waals surface area contributed by atoms with Gasteiger partial charge < -0.3 is 10.2 Å². The number of benzene rings is 1. The van der Waals surface area contributed by atoms with Crippen LogP contribution >= 0.6 is 15.9 Å². The Morgan fingerprint density at radius 3 is 2.44 bits per heavy atom. The zero-order valence-corrected chi connectivity index (χ0v) is 29.5. The average Bonchev–Trinajstić information content (AvgIpc) is 3.46. The first-order valence-corrected chi connectivity index (χ1v) is 18.0. The van der Waals surface area contributed by atoms with Gasteiger partial charge in [-0.2, -0.15) is 5.10 Å². The van der Waals surface area contributed by atoms with Crippen LogP contribution in [0.2, 0.25) is 0 Å². The highest BCUT2D eigenvalue weighted by atomic mass is 79.9. The zero-order valence-electron chi connectivity index (χ0n) is 27.9. The highest BCUT2D eigenvalue weighted by Gasteiger charge is 2.66. The normalized spacial score (nSPS) is 23.1. The number of piperidine rings is 1. The summed E-state index contributed by atoms with van der Waals surface area (Å²) in [5, 5.41) is 8.55. The Morgan fingerprint density at radius 1 is 0.958 bits per heavy atom. The number of aryl methyl sites for hydroxylation is 3.